The van der Waals surface area contributed by atoms with Crippen molar-refractivity contribution >= 4 is 0 Å². The lowest BCUT2D eigenvalue weighted by atomic mass is 9.67. The van der Waals surface area contributed by atoms with E-state index >= 15 is 0 Å². The third kappa shape index (κ3) is 2.51. The second-order valence-corrected chi connectivity index (χ2v) is 6.03. The molecule has 0 heterocycles. The normalized spacial score (nSPS) is 41.2. The Morgan fingerprint density at radius 2 is 2.00 bits per heavy atom. The molecule has 0 aromatic heterocycles. The molecule has 0 aromatic rings. The summed E-state index contributed by atoms with van der Waals surface area (Å²) in [5.74, 6) is 3.61. The highest BCUT2D eigenvalue weighted by Gasteiger charge is 2.35. The third-order valence-corrected chi connectivity index (χ3v) is 4.82. The van der Waals surface area contributed by atoms with Crippen LogP contribution in [0.5, 0.6) is 0 Å². The van der Waals surface area contributed by atoms with E-state index in [4.69, 9.17) is 0 Å². The maximum absolute atomic E-state index is 9.38. The van der Waals surface area contributed by atoms with Gasteiger partial charge in [-0.05, 0) is 55.3 Å². The lowest BCUT2D eigenvalue weighted by Crippen LogP contribution is -2.32. The molecule has 0 saturated heterocycles. The number of hydrogen-bond donors (Lipinski definition) is 1. The van der Waals surface area contributed by atoms with Crippen LogP contribution in [0, 0.1) is 29.6 Å². The van der Waals surface area contributed by atoms with Crippen molar-refractivity contribution in [1.29, 1.82) is 0 Å². The van der Waals surface area contributed by atoms with Crippen LogP contribution in [-0.4, -0.2) is 11.7 Å². The molecule has 0 bridgehead atoms. The molecule has 5 atom stereocenters. The van der Waals surface area contributed by atoms with Crippen LogP contribution in [0.4, 0.5) is 0 Å². The molecule has 1 fully saturated rings. The number of aliphatic hydroxyl groups excluding tert-OH is 1. The van der Waals surface area contributed by atoms with Crippen molar-refractivity contribution < 1.29 is 5.11 Å². The zero-order chi connectivity index (χ0) is 11.5. The summed E-state index contributed by atoms with van der Waals surface area (Å²) < 4.78 is 0. The predicted molar refractivity (Wildman–Crippen MR) is 68.1 cm³/mol. The van der Waals surface area contributed by atoms with Crippen LogP contribution < -0.4 is 0 Å². The average Bonchev–Trinajstić information content (AvgIpc) is 2.50. The molecule has 0 aliphatic heterocycles. The average molecular weight is 222 g/mol. The van der Waals surface area contributed by atoms with Gasteiger partial charge < -0.3 is 5.11 Å². The van der Waals surface area contributed by atoms with E-state index in [0.29, 0.717) is 12.5 Å². The van der Waals surface area contributed by atoms with Gasteiger partial charge in [0.1, 0.15) is 0 Å². The van der Waals surface area contributed by atoms with Crippen molar-refractivity contribution in [2.45, 2.75) is 46.0 Å². The van der Waals surface area contributed by atoms with E-state index in [0.717, 1.165) is 23.7 Å². The van der Waals surface area contributed by atoms with E-state index < -0.39 is 0 Å². The smallest absolute Gasteiger partial charge is 0.0459 e. The summed E-state index contributed by atoms with van der Waals surface area (Å²) in [6.07, 6.45) is 11.8. The fourth-order valence-corrected chi connectivity index (χ4v) is 3.68. The number of aliphatic hydroxyl groups is 1. The SMILES string of the molecule is CC1C=CC2C(CCCC2C(C)CO)CC1. The maximum atomic E-state index is 9.38. The van der Waals surface area contributed by atoms with Crippen molar-refractivity contribution in [2.75, 3.05) is 6.61 Å². The summed E-state index contributed by atoms with van der Waals surface area (Å²) in [7, 11) is 0. The van der Waals surface area contributed by atoms with Crippen molar-refractivity contribution in [3.8, 4) is 0 Å². The zero-order valence-electron chi connectivity index (χ0n) is 10.7. The molecule has 0 aromatic carbocycles. The maximum Gasteiger partial charge on any atom is 0.0459 e. The minimum Gasteiger partial charge on any atom is -0.396 e. The Hall–Kier alpha value is -0.300. The van der Waals surface area contributed by atoms with Gasteiger partial charge in [0, 0.05) is 6.61 Å². The summed E-state index contributed by atoms with van der Waals surface area (Å²) in [6.45, 7) is 4.91. The molecule has 0 spiro atoms. The molecule has 2 rings (SSSR count). The van der Waals surface area contributed by atoms with Gasteiger partial charge in [-0.2, -0.15) is 0 Å². The molecule has 92 valence electrons. The summed E-state index contributed by atoms with van der Waals surface area (Å²) in [4.78, 5) is 0. The topological polar surface area (TPSA) is 20.2 Å². The van der Waals surface area contributed by atoms with Crippen molar-refractivity contribution in [2.24, 2.45) is 29.6 Å². The number of hydrogen-bond acceptors (Lipinski definition) is 1. The van der Waals surface area contributed by atoms with Crippen LogP contribution in [0.15, 0.2) is 12.2 Å². The number of allylic oxidation sites excluding steroid dienone is 2. The van der Waals surface area contributed by atoms with Crippen molar-refractivity contribution in [3.63, 3.8) is 0 Å². The molecule has 5 unspecified atom stereocenters. The predicted octanol–water partition coefficient (Wildman–Crippen LogP) is 3.63. The lowest BCUT2D eigenvalue weighted by Gasteiger charge is -2.39. The molecule has 2 aliphatic carbocycles. The standard InChI is InChI=1S/C15H26O/c1-11-6-8-13-4-3-5-14(12(2)10-16)15(13)9-7-11/h7,9,11-16H,3-6,8,10H2,1-2H3. The molecule has 0 amide bonds. The molecule has 0 radical (unpaired) electrons. The Kier molecular flexibility index (Phi) is 4.07. The highest BCUT2D eigenvalue weighted by atomic mass is 16.3. The van der Waals surface area contributed by atoms with Crippen LogP contribution in [0.25, 0.3) is 0 Å². The van der Waals surface area contributed by atoms with Gasteiger partial charge in [-0.25, -0.2) is 0 Å². The highest BCUT2D eigenvalue weighted by Crippen LogP contribution is 2.43. The van der Waals surface area contributed by atoms with Crippen LogP contribution >= 0.6 is 0 Å². The first-order valence-electron chi connectivity index (χ1n) is 7.01. The monoisotopic (exact) mass is 222 g/mol. The van der Waals surface area contributed by atoms with Gasteiger partial charge in [0.15, 0.2) is 0 Å². The van der Waals surface area contributed by atoms with E-state index in [9.17, 15) is 5.11 Å². The first-order valence-corrected chi connectivity index (χ1v) is 7.01. The summed E-state index contributed by atoms with van der Waals surface area (Å²) in [5.41, 5.74) is 0. The van der Waals surface area contributed by atoms with Crippen molar-refractivity contribution in [3.05, 3.63) is 12.2 Å². The van der Waals surface area contributed by atoms with E-state index in [1.54, 1.807) is 0 Å². The fraction of sp³-hybridized carbons (Fsp3) is 0.867. The third-order valence-electron chi connectivity index (χ3n) is 4.82. The van der Waals surface area contributed by atoms with Gasteiger partial charge in [-0.3, -0.25) is 0 Å². The Bertz CT molecular complexity index is 246. The minimum atomic E-state index is 0.358. The minimum absolute atomic E-state index is 0.358. The Morgan fingerprint density at radius 3 is 2.75 bits per heavy atom. The molecule has 2 aliphatic rings. The van der Waals surface area contributed by atoms with Gasteiger partial charge in [0.2, 0.25) is 0 Å². The quantitative estimate of drug-likeness (QED) is 0.707. The Labute approximate surface area is 99.9 Å². The van der Waals surface area contributed by atoms with Gasteiger partial charge in [0.05, 0.1) is 0 Å². The van der Waals surface area contributed by atoms with Gasteiger partial charge in [-0.1, -0.05) is 32.4 Å². The van der Waals surface area contributed by atoms with Gasteiger partial charge in [0.25, 0.3) is 0 Å². The van der Waals surface area contributed by atoms with Crippen LogP contribution in [0.2, 0.25) is 0 Å². The van der Waals surface area contributed by atoms with E-state index in [1.165, 1.54) is 32.1 Å². The van der Waals surface area contributed by atoms with Gasteiger partial charge in [-0.15, -0.1) is 0 Å². The second kappa shape index (κ2) is 5.35. The summed E-state index contributed by atoms with van der Waals surface area (Å²) >= 11 is 0. The van der Waals surface area contributed by atoms with Crippen molar-refractivity contribution in [1.82, 2.24) is 0 Å². The van der Waals surface area contributed by atoms with Crippen LogP contribution in [0.3, 0.4) is 0 Å². The largest absolute Gasteiger partial charge is 0.396 e. The fourth-order valence-electron chi connectivity index (χ4n) is 3.68. The zero-order valence-corrected chi connectivity index (χ0v) is 10.7. The summed E-state index contributed by atoms with van der Waals surface area (Å²) in [6, 6.07) is 0. The molecule has 16 heavy (non-hydrogen) atoms. The molecule has 1 heteroatoms. The first kappa shape index (κ1) is 12.2. The Morgan fingerprint density at radius 1 is 1.19 bits per heavy atom. The second-order valence-electron chi connectivity index (χ2n) is 6.03. The van der Waals surface area contributed by atoms with E-state index in [2.05, 4.69) is 26.0 Å². The van der Waals surface area contributed by atoms with Gasteiger partial charge >= 0.3 is 0 Å². The Balaban J connectivity index is 2.12. The number of fused-ring (bicyclic) bond motifs is 1. The first-order chi connectivity index (χ1) is 7.72. The lowest BCUT2D eigenvalue weighted by molar-refractivity contribution is 0.0958. The van der Waals surface area contributed by atoms with E-state index in [-0.39, 0.29) is 0 Å². The molecule has 1 saturated carbocycles. The summed E-state index contributed by atoms with van der Waals surface area (Å²) in [5, 5.41) is 9.38. The molecule has 1 N–H and O–H groups in total. The van der Waals surface area contributed by atoms with Crippen LogP contribution in [-0.2, 0) is 0 Å². The number of rotatable bonds is 2. The molecule has 1 nitrogen and oxygen atoms in total. The highest BCUT2D eigenvalue weighted by molar-refractivity contribution is 5.02. The molecular weight excluding hydrogens is 196 g/mol. The van der Waals surface area contributed by atoms with Crippen LogP contribution in [0.1, 0.15) is 46.0 Å². The van der Waals surface area contributed by atoms with E-state index in [1.807, 2.05) is 0 Å². The molecular formula is C15H26O.